The number of alkyl carbamates (subject to hydrolysis) is 1. The number of carbonyl (C=O) groups is 1. The Balaban J connectivity index is 2.37. The molecule has 16 heavy (non-hydrogen) atoms. The summed E-state index contributed by atoms with van der Waals surface area (Å²) in [4.78, 5) is 11.6. The largest absolute Gasteiger partial charge is 0.444 e. The molecule has 1 rings (SSSR count). The number of hydrogen-bond acceptors (Lipinski definition) is 3. The monoisotopic (exact) mass is 228 g/mol. The van der Waals surface area contributed by atoms with Gasteiger partial charge in [0.15, 0.2) is 0 Å². The van der Waals surface area contributed by atoms with E-state index < -0.39 is 5.60 Å². The molecule has 0 spiro atoms. The minimum absolute atomic E-state index is 0.173. The molecule has 1 aliphatic rings. The second kappa shape index (κ2) is 5.53. The van der Waals surface area contributed by atoms with E-state index in [2.05, 4.69) is 5.32 Å². The lowest BCUT2D eigenvalue weighted by Gasteiger charge is -2.23. The van der Waals surface area contributed by atoms with Gasteiger partial charge in [0.1, 0.15) is 5.60 Å². The van der Waals surface area contributed by atoms with Crippen LogP contribution in [0.1, 0.15) is 52.9 Å². The van der Waals surface area contributed by atoms with Crippen molar-refractivity contribution in [1.82, 2.24) is 5.32 Å². The van der Waals surface area contributed by atoms with Crippen LogP contribution in [0.15, 0.2) is 0 Å². The molecule has 2 atom stereocenters. The van der Waals surface area contributed by atoms with Gasteiger partial charge in [-0.1, -0.05) is 12.8 Å². The van der Waals surface area contributed by atoms with Crippen molar-refractivity contribution >= 4 is 6.09 Å². The van der Waals surface area contributed by atoms with E-state index in [1.807, 2.05) is 20.8 Å². The van der Waals surface area contributed by atoms with E-state index in [1.165, 1.54) is 0 Å². The van der Waals surface area contributed by atoms with Gasteiger partial charge >= 0.3 is 6.09 Å². The second-order valence-corrected chi connectivity index (χ2v) is 5.62. The highest BCUT2D eigenvalue weighted by Gasteiger charge is 2.22. The van der Waals surface area contributed by atoms with E-state index in [4.69, 9.17) is 10.5 Å². The third-order valence-electron chi connectivity index (χ3n) is 2.69. The van der Waals surface area contributed by atoms with Crippen LogP contribution in [0, 0.1) is 0 Å². The molecule has 0 heterocycles. The normalized spacial score (nSPS) is 27.0. The van der Waals surface area contributed by atoms with Crippen molar-refractivity contribution in [1.29, 1.82) is 0 Å². The highest BCUT2D eigenvalue weighted by atomic mass is 16.6. The van der Waals surface area contributed by atoms with Crippen LogP contribution in [0.2, 0.25) is 0 Å². The van der Waals surface area contributed by atoms with Crippen molar-refractivity contribution < 1.29 is 9.53 Å². The van der Waals surface area contributed by atoms with Crippen molar-refractivity contribution in [3.63, 3.8) is 0 Å². The number of carbonyl (C=O) groups excluding carboxylic acids is 1. The van der Waals surface area contributed by atoms with Gasteiger partial charge in [0, 0.05) is 12.1 Å². The van der Waals surface area contributed by atoms with Gasteiger partial charge in [-0.3, -0.25) is 0 Å². The molecule has 2 unspecified atom stereocenters. The predicted octanol–water partition coefficient (Wildman–Crippen LogP) is 2.17. The molecule has 1 aliphatic carbocycles. The summed E-state index contributed by atoms with van der Waals surface area (Å²) in [6.45, 7) is 5.60. The first-order valence-electron chi connectivity index (χ1n) is 6.12. The standard InChI is InChI=1S/C12H24N2O2/c1-12(2,3)16-11(15)14-10-7-5-4-6-9(13)8-10/h9-10H,4-8,13H2,1-3H3,(H,14,15). The molecule has 4 heteroatoms. The van der Waals surface area contributed by atoms with Crippen LogP contribution in [0.25, 0.3) is 0 Å². The first-order valence-corrected chi connectivity index (χ1v) is 6.12. The molecule has 0 bridgehead atoms. The fourth-order valence-corrected chi connectivity index (χ4v) is 2.00. The Morgan fingerprint density at radius 1 is 1.31 bits per heavy atom. The van der Waals surface area contributed by atoms with Gasteiger partial charge in [0.05, 0.1) is 0 Å². The topological polar surface area (TPSA) is 64.3 Å². The van der Waals surface area contributed by atoms with Gasteiger partial charge in [-0.2, -0.15) is 0 Å². The Kier molecular flexibility index (Phi) is 4.59. The summed E-state index contributed by atoms with van der Waals surface area (Å²) in [6.07, 6.45) is 4.90. The van der Waals surface area contributed by atoms with E-state index in [-0.39, 0.29) is 18.2 Å². The second-order valence-electron chi connectivity index (χ2n) is 5.62. The smallest absolute Gasteiger partial charge is 0.407 e. The fraction of sp³-hybridized carbons (Fsp3) is 0.917. The number of amides is 1. The molecule has 0 saturated heterocycles. The van der Waals surface area contributed by atoms with Crippen molar-refractivity contribution in [3.05, 3.63) is 0 Å². The summed E-state index contributed by atoms with van der Waals surface area (Å²) >= 11 is 0. The van der Waals surface area contributed by atoms with Crippen LogP contribution in [-0.4, -0.2) is 23.8 Å². The number of nitrogens with one attached hydrogen (secondary N) is 1. The molecule has 0 radical (unpaired) electrons. The molecular weight excluding hydrogens is 204 g/mol. The summed E-state index contributed by atoms with van der Waals surface area (Å²) in [6, 6.07) is 0.384. The first kappa shape index (κ1) is 13.3. The van der Waals surface area contributed by atoms with Gasteiger partial charge in [-0.05, 0) is 40.0 Å². The molecule has 0 aromatic rings. The third kappa shape index (κ3) is 5.35. The van der Waals surface area contributed by atoms with Crippen LogP contribution in [0.4, 0.5) is 4.79 Å². The van der Waals surface area contributed by atoms with Gasteiger partial charge < -0.3 is 15.8 Å². The Hall–Kier alpha value is -0.770. The van der Waals surface area contributed by atoms with Crippen LogP contribution in [-0.2, 0) is 4.74 Å². The molecule has 94 valence electrons. The predicted molar refractivity (Wildman–Crippen MR) is 64.2 cm³/mol. The zero-order valence-electron chi connectivity index (χ0n) is 10.6. The maximum absolute atomic E-state index is 11.6. The molecule has 0 aliphatic heterocycles. The Morgan fingerprint density at radius 3 is 2.56 bits per heavy atom. The van der Waals surface area contributed by atoms with E-state index >= 15 is 0 Å². The maximum atomic E-state index is 11.6. The maximum Gasteiger partial charge on any atom is 0.407 e. The van der Waals surface area contributed by atoms with Gasteiger partial charge in [0.2, 0.25) is 0 Å². The van der Waals surface area contributed by atoms with E-state index in [1.54, 1.807) is 0 Å². The average Bonchev–Trinajstić information content (AvgIpc) is 2.26. The Bertz CT molecular complexity index is 236. The van der Waals surface area contributed by atoms with Crippen molar-refractivity contribution in [3.8, 4) is 0 Å². The summed E-state index contributed by atoms with van der Waals surface area (Å²) in [5.41, 5.74) is 5.50. The van der Waals surface area contributed by atoms with Crippen molar-refractivity contribution in [2.24, 2.45) is 5.73 Å². The molecule has 0 aromatic carbocycles. The molecule has 3 N–H and O–H groups in total. The SMILES string of the molecule is CC(C)(C)OC(=O)NC1CCCCC(N)C1. The number of hydrogen-bond donors (Lipinski definition) is 2. The van der Waals surface area contributed by atoms with Crippen LogP contribution < -0.4 is 11.1 Å². The number of ether oxygens (including phenoxy) is 1. The number of rotatable bonds is 1. The third-order valence-corrected chi connectivity index (χ3v) is 2.69. The van der Waals surface area contributed by atoms with E-state index in [9.17, 15) is 4.79 Å². The highest BCUT2D eigenvalue weighted by molar-refractivity contribution is 5.68. The molecule has 4 nitrogen and oxygen atoms in total. The van der Waals surface area contributed by atoms with Gasteiger partial charge in [0.25, 0.3) is 0 Å². The zero-order chi connectivity index (χ0) is 12.2. The molecule has 0 aromatic heterocycles. The average molecular weight is 228 g/mol. The summed E-state index contributed by atoms with van der Waals surface area (Å²) in [5, 5.41) is 2.90. The fourth-order valence-electron chi connectivity index (χ4n) is 2.00. The van der Waals surface area contributed by atoms with Crippen molar-refractivity contribution in [2.75, 3.05) is 0 Å². The summed E-state index contributed by atoms with van der Waals surface area (Å²) < 4.78 is 5.23. The van der Waals surface area contributed by atoms with Crippen LogP contribution in [0.5, 0.6) is 0 Å². The van der Waals surface area contributed by atoms with Crippen LogP contribution >= 0.6 is 0 Å². The van der Waals surface area contributed by atoms with Crippen LogP contribution in [0.3, 0.4) is 0 Å². The lowest BCUT2D eigenvalue weighted by Crippen LogP contribution is -2.41. The minimum atomic E-state index is -0.434. The van der Waals surface area contributed by atoms with E-state index in [0.717, 1.165) is 32.1 Å². The minimum Gasteiger partial charge on any atom is -0.444 e. The molecular formula is C12H24N2O2. The quantitative estimate of drug-likeness (QED) is 0.676. The molecule has 1 fully saturated rings. The summed E-state index contributed by atoms with van der Waals surface area (Å²) in [7, 11) is 0. The Morgan fingerprint density at radius 2 is 1.94 bits per heavy atom. The highest BCUT2D eigenvalue weighted by Crippen LogP contribution is 2.17. The lowest BCUT2D eigenvalue weighted by molar-refractivity contribution is 0.0499. The number of nitrogens with two attached hydrogens (primary N) is 1. The first-order chi connectivity index (χ1) is 7.37. The summed E-state index contributed by atoms with van der Waals surface area (Å²) in [5.74, 6) is 0. The van der Waals surface area contributed by atoms with Crippen molar-refractivity contribution in [2.45, 2.75) is 70.6 Å². The van der Waals surface area contributed by atoms with Gasteiger partial charge in [-0.15, -0.1) is 0 Å². The molecule has 1 saturated carbocycles. The Labute approximate surface area is 97.9 Å². The van der Waals surface area contributed by atoms with E-state index in [0.29, 0.717) is 0 Å². The lowest BCUT2D eigenvalue weighted by atomic mass is 10.1. The zero-order valence-corrected chi connectivity index (χ0v) is 10.6. The van der Waals surface area contributed by atoms with Gasteiger partial charge in [-0.25, -0.2) is 4.79 Å². The molecule has 1 amide bonds.